The van der Waals surface area contributed by atoms with Crippen molar-refractivity contribution in [3.05, 3.63) is 41.7 Å². The Balaban J connectivity index is 1.60. The van der Waals surface area contributed by atoms with Crippen molar-refractivity contribution >= 4 is 23.4 Å². The van der Waals surface area contributed by atoms with E-state index in [1.807, 2.05) is 19.9 Å². The SMILES string of the molecule is CCNc1cc(N2CCN(C(=O)Nc3cc(F)cc(F)c3)CC2)nc(C)n1. The van der Waals surface area contributed by atoms with Crippen molar-refractivity contribution in [1.29, 1.82) is 0 Å². The molecule has 27 heavy (non-hydrogen) atoms. The molecule has 2 amide bonds. The second kappa shape index (κ2) is 8.15. The van der Waals surface area contributed by atoms with Gasteiger partial charge in [-0.25, -0.2) is 23.5 Å². The Morgan fingerprint density at radius 1 is 1.07 bits per heavy atom. The molecule has 144 valence electrons. The van der Waals surface area contributed by atoms with Gasteiger partial charge >= 0.3 is 6.03 Å². The number of carbonyl (C=O) groups is 1. The number of benzene rings is 1. The zero-order chi connectivity index (χ0) is 19.4. The van der Waals surface area contributed by atoms with Gasteiger partial charge in [-0.1, -0.05) is 0 Å². The Labute approximate surface area is 156 Å². The van der Waals surface area contributed by atoms with Crippen LogP contribution in [0, 0.1) is 18.6 Å². The number of amides is 2. The van der Waals surface area contributed by atoms with Crippen LogP contribution in [0.3, 0.4) is 0 Å². The third kappa shape index (κ3) is 4.81. The van der Waals surface area contributed by atoms with Crippen molar-refractivity contribution < 1.29 is 13.6 Å². The topological polar surface area (TPSA) is 73.4 Å². The van der Waals surface area contributed by atoms with Gasteiger partial charge in [-0.2, -0.15) is 0 Å². The van der Waals surface area contributed by atoms with Gasteiger partial charge in [0.05, 0.1) is 0 Å². The molecule has 0 bridgehead atoms. The molecule has 0 unspecified atom stereocenters. The third-order valence-electron chi connectivity index (χ3n) is 4.19. The lowest BCUT2D eigenvalue weighted by atomic mass is 10.3. The van der Waals surface area contributed by atoms with Crippen molar-refractivity contribution in [3.63, 3.8) is 0 Å². The number of rotatable bonds is 4. The summed E-state index contributed by atoms with van der Waals surface area (Å²) in [5.74, 6) is 0.798. The maximum atomic E-state index is 13.3. The first-order valence-electron chi connectivity index (χ1n) is 8.81. The molecule has 0 saturated carbocycles. The summed E-state index contributed by atoms with van der Waals surface area (Å²) in [6.45, 7) is 6.77. The van der Waals surface area contributed by atoms with Crippen LogP contribution in [0.15, 0.2) is 24.3 Å². The predicted octanol–water partition coefficient (Wildman–Crippen LogP) is 2.85. The van der Waals surface area contributed by atoms with Crippen LogP contribution in [-0.4, -0.2) is 53.6 Å². The van der Waals surface area contributed by atoms with Gasteiger partial charge in [0.1, 0.15) is 29.1 Å². The molecule has 1 aromatic carbocycles. The summed E-state index contributed by atoms with van der Waals surface area (Å²) >= 11 is 0. The van der Waals surface area contributed by atoms with Crippen LogP contribution in [-0.2, 0) is 0 Å². The van der Waals surface area contributed by atoms with Crippen molar-refractivity contribution in [2.24, 2.45) is 0 Å². The van der Waals surface area contributed by atoms with Crippen molar-refractivity contribution in [2.75, 3.05) is 48.3 Å². The fourth-order valence-electron chi connectivity index (χ4n) is 2.95. The number of aromatic nitrogens is 2. The van der Waals surface area contributed by atoms with Gasteiger partial charge in [0.25, 0.3) is 0 Å². The number of nitrogens with zero attached hydrogens (tertiary/aromatic N) is 4. The van der Waals surface area contributed by atoms with Crippen molar-refractivity contribution in [3.8, 4) is 0 Å². The van der Waals surface area contributed by atoms with Crippen LogP contribution in [0.25, 0.3) is 0 Å². The molecule has 0 atom stereocenters. The van der Waals surface area contributed by atoms with Gasteiger partial charge < -0.3 is 20.4 Å². The first kappa shape index (κ1) is 18.8. The van der Waals surface area contributed by atoms with E-state index in [0.717, 1.165) is 36.4 Å². The highest BCUT2D eigenvalue weighted by molar-refractivity contribution is 5.89. The Hall–Kier alpha value is -2.97. The molecule has 1 aliphatic rings. The van der Waals surface area contributed by atoms with E-state index in [2.05, 4.69) is 25.5 Å². The van der Waals surface area contributed by atoms with Gasteiger partial charge in [-0.15, -0.1) is 0 Å². The number of nitrogens with one attached hydrogen (secondary N) is 2. The van der Waals surface area contributed by atoms with Crippen LogP contribution >= 0.6 is 0 Å². The van der Waals surface area contributed by atoms with Gasteiger partial charge in [0.2, 0.25) is 0 Å². The summed E-state index contributed by atoms with van der Waals surface area (Å²) in [6, 6.07) is 4.44. The van der Waals surface area contributed by atoms with E-state index < -0.39 is 11.6 Å². The van der Waals surface area contributed by atoms with E-state index in [1.54, 1.807) is 4.90 Å². The van der Waals surface area contributed by atoms with E-state index in [4.69, 9.17) is 0 Å². The van der Waals surface area contributed by atoms with Crippen molar-refractivity contribution in [2.45, 2.75) is 13.8 Å². The Morgan fingerprint density at radius 2 is 1.74 bits per heavy atom. The lowest BCUT2D eigenvalue weighted by Crippen LogP contribution is -2.50. The molecular weight excluding hydrogens is 354 g/mol. The number of halogens is 2. The number of urea groups is 1. The quantitative estimate of drug-likeness (QED) is 0.858. The second-order valence-corrected chi connectivity index (χ2v) is 6.25. The normalized spacial score (nSPS) is 14.2. The molecule has 3 rings (SSSR count). The summed E-state index contributed by atoms with van der Waals surface area (Å²) < 4.78 is 26.5. The van der Waals surface area contributed by atoms with Crippen LogP contribution in [0.1, 0.15) is 12.7 Å². The molecule has 2 aromatic rings. The molecule has 1 fully saturated rings. The Bertz CT molecular complexity index is 803. The summed E-state index contributed by atoms with van der Waals surface area (Å²) in [5.41, 5.74) is 0.0987. The zero-order valence-electron chi connectivity index (χ0n) is 15.3. The minimum absolute atomic E-state index is 0.0987. The highest BCUT2D eigenvalue weighted by atomic mass is 19.1. The zero-order valence-corrected chi connectivity index (χ0v) is 15.3. The van der Waals surface area contributed by atoms with Crippen LogP contribution in [0.4, 0.5) is 30.9 Å². The number of hydrogen-bond donors (Lipinski definition) is 2. The molecule has 0 radical (unpaired) electrons. The molecule has 1 saturated heterocycles. The minimum Gasteiger partial charge on any atom is -0.370 e. The second-order valence-electron chi connectivity index (χ2n) is 6.25. The smallest absolute Gasteiger partial charge is 0.321 e. The summed E-state index contributed by atoms with van der Waals surface area (Å²) in [5, 5.41) is 5.71. The van der Waals surface area contributed by atoms with Gasteiger partial charge in [0.15, 0.2) is 0 Å². The molecule has 0 spiro atoms. The summed E-state index contributed by atoms with van der Waals surface area (Å²) in [7, 11) is 0. The first-order chi connectivity index (χ1) is 12.9. The Kier molecular flexibility index (Phi) is 5.68. The average molecular weight is 376 g/mol. The Morgan fingerprint density at radius 3 is 2.37 bits per heavy atom. The molecular formula is C18H22F2N6O. The molecule has 2 heterocycles. The number of anilines is 3. The fourth-order valence-corrected chi connectivity index (χ4v) is 2.95. The minimum atomic E-state index is -0.731. The first-order valence-corrected chi connectivity index (χ1v) is 8.81. The molecule has 7 nitrogen and oxygen atoms in total. The molecule has 0 aliphatic carbocycles. The lowest BCUT2D eigenvalue weighted by Gasteiger charge is -2.35. The average Bonchev–Trinajstić information content (AvgIpc) is 2.61. The standard InChI is InChI=1S/C18H22F2N6O/c1-3-21-16-11-17(23-12(2)22-16)25-4-6-26(7-5-25)18(27)24-15-9-13(19)8-14(20)10-15/h8-11H,3-7H2,1-2H3,(H,24,27)(H,21,22,23). The number of carbonyl (C=O) groups excluding carboxylic acids is 1. The van der Waals surface area contributed by atoms with Gasteiger partial charge in [-0.3, -0.25) is 0 Å². The molecule has 2 N–H and O–H groups in total. The van der Waals surface area contributed by atoms with E-state index in [9.17, 15) is 13.6 Å². The van der Waals surface area contributed by atoms with E-state index in [1.165, 1.54) is 0 Å². The largest absolute Gasteiger partial charge is 0.370 e. The van der Waals surface area contributed by atoms with E-state index in [0.29, 0.717) is 32.0 Å². The van der Waals surface area contributed by atoms with Crippen molar-refractivity contribution in [1.82, 2.24) is 14.9 Å². The maximum Gasteiger partial charge on any atom is 0.321 e. The van der Waals surface area contributed by atoms with Crippen LogP contribution in [0.5, 0.6) is 0 Å². The number of hydrogen-bond acceptors (Lipinski definition) is 5. The van der Waals surface area contributed by atoms with Crippen LogP contribution in [0.2, 0.25) is 0 Å². The lowest BCUT2D eigenvalue weighted by molar-refractivity contribution is 0.208. The van der Waals surface area contributed by atoms with Gasteiger partial charge in [0, 0.05) is 50.5 Å². The molecule has 1 aromatic heterocycles. The molecule has 1 aliphatic heterocycles. The maximum absolute atomic E-state index is 13.3. The number of piperazine rings is 1. The van der Waals surface area contributed by atoms with Gasteiger partial charge in [-0.05, 0) is 26.0 Å². The third-order valence-corrected chi connectivity index (χ3v) is 4.19. The predicted molar refractivity (Wildman–Crippen MR) is 100 cm³/mol. The number of aryl methyl sites for hydroxylation is 1. The monoisotopic (exact) mass is 376 g/mol. The fraction of sp³-hybridized carbons (Fsp3) is 0.389. The molecule has 9 heteroatoms. The summed E-state index contributed by atoms with van der Waals surface area (Å²) in [4.78, 5) is 24.8. The highest BCUT2D eigenvalue weighted by Crippen LogP contribution is 2.19. The van der Waals surface area contributed by atoms with Crippen LogP contribution < -0.4 is 15.5 Å². The van der Waals surface area contributed by atoms with E-state index >= 15 is 0 Å². The van der Waals surface area contributed by atoms with E-state index in [-0.39, 0.29) is 11.7 Å². The highest BCUT2D eigenvalue weighted by Gasteiger charge is 2.22. The summed E-state index contributed by atoms with van der Waals surface area (Å²) in [6.07, 6.45) is 0.